The molecule has 96 valence electrons. The van der Waals surface area contributed by atoms with Crippen LogP contribution >= 0.6 is 27.3 Å². The van der Waals surface area contributed by atoms with Crippen LogP contribution in [0.3, 0.4) is 0 Å². The fourth-order valence-electron chi connectivity index (χ4n) is 2.85. The van der Waals surface area contributed by atoms with Crippen LogP contribution in [0.25, 0.3) is 0 Å². The minimum Gasteiger partial charge on any atom is -0.309 e. The summed E-state index contributed by atoms with van der Waals surface area (Å²) in [6.45, 7) is 5.45. The van der Waals surface area contributed by atoms with Gasteiger partial charge in [-0.05, 0) is 47.8 Å². The van der Waals surface area contributed by atoms with Crippen molar-refractivity contribution in [2.75, 3.05) is 6.54 Å². The van der Waals surface area contributed by atoms with Crippen molar-refractivity contribution in [3.05, 3.63) is 20.3 Å². The summed E-state index contributed by atoms with van der Waals surface area (Å²) in [6.07, 6.45) is 7.06. The van der Waals surface area contributed by atoms with Gasteiger partial charge in [-0.3, -0.25) is 0 Å². The van der Waals surface area contributed by atoms with Crippen molar-refractivity contribution in [3.63, 3.8) is 0 Å². The fourth-order valence-corrected chi connectivity index (χ4v) is 4.86. The maximum atomic E-state index is 3.71. The Labute approximate surface area is 117 Å². The molecule has 1 unspecified atom stereocenters. The number of aryl methyl sites for hydroxylation is 1. The fraction of sp³-hybridized carbons (Fsp3) is 0.714. The lowest BCUT2D eigenvalue weighted by molar-refractivity contribution is 0.404. The van der Waals surface area contributed by atoms with E-state index in [1.165, 1.54) is 46.3 Å². The molecule has 0 spiro atoms. The average molecular weight is 316 g/mol. The Bertz CT molecular complexity index is 355. The van der Waals surface area contributed by atoms with Crippen molar-refractivity contribution < 1.29 is 0 Å². The Kier molecular flexibility index (Phi) is 5.07. The summed E-state index contributed by atoms with van der Waals surface area (Å²) in [6, 6.07) is 2.80. The maximum absolute atomic E-state index is 3.71. The Morgan fingerprint density at radius 2 is 2.18 bits per heavy atom. The van der Waals surface area contributed by atoms with Gasteiger partial charge in [-0.25, -0.2) is 0 Å². The van der Waals surface area contributed by atoms with Crippen LogP contribution in [0.2, 0.25) is 0 Å². The summed E-state index contributed by atoms with van der Waals surface area (Å²) in [7, 11) is 0. The standard InChI is InChI=1S/C14H22BrNS/c1-3-16-13(9-11-6-4-5-7-11)14-12(15)8-10(2)17-14/h8,11,13,16H,3-7,9H2,1-2H3. The molecule has 2 rings (SSSR count). The summed E-state index contributed by atoms with van der Waals surface area (Å²) < 4.78 is 1.30. The maximum Gasteiger partial charge on any atom is 0.0428 e. The molecule has 1 nitrogen and oxygen atoms in total. The van der Waals surface area contributed by atoms with Crippen LogP contribution in [0.5, 0.6) is 0 Å². The molecular formula is C14H22BrNS. The van der Waals surface area contributed by atoms with E-state index in [1.807, 2.05) is 11.3 Å². The molecule has 0 amide bonds. The zero-order chi connectivity index (χ0) is 12.3. The smallest absolute Gasteiger partial charge is 0.0428 e. The zero-order valence-electron chi connectivity index (χ0n) is 10.8. The summed E-state index contributed by atoms with van der Waals surface area (Å²) in [4.78, 5) is 2.90. The van der Waals surface area contributed by atoms with E-state index < -0.39 is 0 Å². The van der Waals surface area contributed by atoms with Crippen LogP contribution in [-0.2, 0) is 0 Å². The molecule has 3 heteroatoms. The highest BCUT2D eigenvalue weighted by molar-refractivity contribution is 9.10. The first-order valence-electron chi connectivity index (χ1n) is 6.70. The van der Waals surface area contributed by atoms with E-state index in [2.05, 4.69) is 41.2 Å². The molecular weight excluding hydrogens is 294 g/mol. The second-order valence-corrected chi connectivity index (χ2v) is 7.21. The number of hydrogen-bond acceptors (Lipinski definition) is 2. The lowest BCUT2D eigenvalue weighted by Crippen LogP contribution is -2.22. The van der Waals surface area contributed by atoms with Gasteiger partial charge in [-0.15, -0.1) is 11.3 Å². The monoisotopic (exact) mass is 315 g/mol. The largest absolute Gasteiger partial charge is 0.309 e. The van der Waals surface area contributed by atoms with Crippen molar-refractivity contribution in [3.8, 4) is 0 Å². The van der Waals surface area contributed by atoms with Crippen molar-refractivity contribution in [2.45, 2.75) is 52.0 Å². The van der Waals surface area contributed by atoms with Crippen LogP contribution in [0.4, 0.5) is 0 Å². The van der Waals surface area contributed by atoms with Crippen molar-refractivity contribution in [2.24, 2.45) is 5.92 Å². The highest BCUT2D eigenvalue weighted by atomic mass is 79.9. The Balaban J connectivity index is 2.07. The molecule has 0 saturated heterocycles. The molecule has 1 N–H and O–H groups in total. The van der Waals surface area contributed by atoms with Gasteiger partial charge in [-0.1, -0.05) is 32.6 Å². The molecule has 1 saturated carbocycles. The lowest BCUT2D eigenvalue weighted by Gasteiger charge is -2.21. The van der Waals surface area contributed by atoms with E-state index in [0.717, 1.165) is 12.5 Å². The van der Waals surface area contributed by atoms with Crippen molar-refractivity contribution in [1.82, 2.24) is 5.32 Å². The van der Waals surface area contributed by atoms with E-state index in [9.17, 15) is 0 Å². The van der Waals surface area contributed by atoms with Gasteiger partial charge in [0.15, 0.2) is 0 Å². The number of rotatable bonds is 5. The third-order valence-corrected chi connectivity index (χ3v) is 5.73. The third-order valence-electron chi connectivity index (χ3n) is 3.65. The first-order valence-corrected chi connectivity index (χ1v) is 8.31. The quantitative estimate of drug-likeness (QED) is 0.801. The highest BCUT2D eigenvalue weighted by Gasteiger charge is 2.23. The molecule has 1 atom stereocenters. The predicted molar refractivity (Wildman–Crippen MR) is 79.7 cm³/mol. The van der Waals surface area contributed by atoms with E-state index in [4.69, 9.17) is 0 Å². The van der Waals surface area contributed by atoms with Crippen LogP contribution in [0.1, 0.15) is 54.8 Å². The second kappa shape index (κ2) is 6.35. The highest BCUT2D eigenvalue weighted by Crippen LogP contribution is 2.38. The van der Waals surface area contributed by atoms with Crippen LogP contribution in [0.15, 0.2) is 10.5 Å². The van der Waals surface area contributed by atoms with Crippen molar-refractivity contribution in [1.29, 1.82) is 0 Å². The van der Waals surface area contributed by atoms with Crippen LogP contribution < -0.4 is 5.32 Å². The predicted octanol–water partition coefficient (Wildman–Crippen LogP) is 5.05. The first kappa shape index (κ1) is 13.6. The topological polar surface area (TPSA) is 12.0 Å². The van der Waals surface area contributed by atoms with Gasteiger partial charge in [0.1, 0.15) is 0 Å². The van der Waals surface area contributed by atoms with Gasteiger partial charge >= 0.3 is 0 Å². The summed E-state index contributed by atoms with van der Waals surface area (Å²) in [5.74, 6) is 0.938. The molecule has 1 heterocycles. The molecule has 0 bridgehead atoms. The molecule has 1 aliphatic carbocycles. The first-order chi connectivity index (χ1) is 8.20. The van der Waals surface area contributed by atoms with Crippen LogP contribution in [-0.4, -0.2) is 6.54 Å². The second-order valence-electron chi connectivity index (χ2n) is 5.07. The SMILES string of the molecule is CCNC(CC1CCCC1)c1sc(C)cc1Br. The molecule has 1 fully saturated rings. The zero-order valence-corrected chi connectivity index (χ0v) is 13.2. The minimum atomic E-state index is 0.552. The van der Waals surface area contributed by atoms with E-state index in [0.29, 0.717) is 6.04 Å². The Morgan fingerprint density at radius 3 is 2.71 bits per heavy atom. The number of nitrogens with one attached hydrogen (secondary N) is 1. The van der Waals surface area contributed by atoms with Gasteiger partial charge in [-0.2, -0.15) is 0 Å². The minimum absolute atomic E-state index is 0.552. The number of thiophene rings is 1. The van der Waals surface area contributed by atoms with Gasteiger partial charge in [0.2, 0.25) is 0 Å². The normalized spacial score (nSPS) is 18.8. The van der Waals surface area contributed by atoms with Gasteiger partial charge in [0.25, 0.3) is 0 Å². The van der Waals surface area contributed by atoms with Gasteiger partial charge in [0.05, 0.1) is 0 Å². The van der Waals surface area contributed by atoms with Gasteiger partial charge in [0, 0.05) is 20.3 Å². The lowest BCUT2D eigenvalue weighted by atomic mass is 9.97. The third kappa shape index (κ3) is 3.55. The van der Waals surface area contributed by atoms with E-state index in [-0.39, 0.29) is 0 Å². The molecule has 0 radical (unpaired) electrons. The van der Waals surface area contributed by atoms with E-state index in [1.54, 1.807) is 0 Å². The Morgan fingerprint density at radius 1 is 1.47 bits per heavy atom. The molecule has 1 aromatic rings. The van der Waals surface area contributed by atoms with Gasteiger partial charge < -0.3 is 5.32 Å². The Hall–Kier alpha value is 0.140. The molecule has 17 heavy (non-hydrogen) atoms. The number of hydrogen-bond donors (Lipinski definition) is 1. The summed E-state index contributed by atoms with van der Waals surface area (Å²) >= 11 is 5.64. The molecule has 0 aromatic carbocycles. The molecule has 1 aromatic heterocycles. The van der Waals surface area contributed by atoms with Crippen LogP contribution in [0, 0.1) is 12.8 Å². The molecule has 1 aliphatic rings. The number of halogens is 1. The van der Waals surface area contributed by atoms with E-state index >= 15 is 0 Å². The summed E-state index contributed by atoms with van der Waals surface area (Å²) in [5.41, 5.74) is 0. The average Bonchev–Trinajstić information content (AvgIpc) is 2.88. The van der Waals surface area contributed by atoms with Crippen molar-refractivity contribution >= 4 is 27.3 Å². The molecule has 0 aliphatic heterocycles. The summed E-state index contributed by atoms with van der Waals surface area (Å²) in [5, 5.41) is 3.66.